The lowest BCUT2D eigenvalue weighted by Gasteiger charge is -2.30. The molecule has 14 heteroatoms. The maximum absolute atomic E-state index is 13.7. The van der Waals surface area contributed by atoms with Crippen molar-refractivity contribution in [2.24, 2.45) is 5.41 Å². The van der Waals surface area contributed by atoms with Gasteiger partial charge in [0.2, 0.25) is 11.3 Å². The number of aromatic nitrogens is 4. The van der Waals surface area contributed by atoms with Crippen LogP contribution in [0.5, 0.6) is 5.75 Å². The summed E-state index contributed by atoms with van der Waals surface area (Å²) < 4.78 is 51.5. The van der Waals surface area contributed by atoms with Gasteiger partial charge in [-0.25, -0.2) is 14.6 Å². The van der Waals surface area contributed by atoms with E-state index in [0.29, 0.717) is 17.6 Å². The fourth-order valence-corrected chi connectivity index (χ4v) is 3.78. The molecule has 0 saturated heterocycles. The van der Waals surface area contributed by atoms with E-state index in [4.69, 9.17) is 9.05 Å². The molecule has 0 aliphatic rings. The van der Waals surface area contributed by atoms with E-state index in [1.54, 1.807) is 0 Å². The van der Waals surface area contributed by atoms with Crippen molar-refractivity contribution in [1.29, 1.82) is 0 Å². The third-order valence-electron chi connectivity index (χ3n) is 5.66. The summed E-state index contributed by atoms with van der Waals surface area (Å²) in [6.07, 6.45) is -4.88. The van der Waals surface area contributed by atoms with Crippen molar-refractivity contribution >= 4 is 34.5 Å². The number of aryl methyl sites for hydroxylation is 1. The first kappa shape index (κ1) is 26.7. The number of hydrogen-bond donors (Lipinski definition) is 3. The maximum atomic E-state index is 13.7. The van der Waals surface area contributed by atoms with Crippen LogP contribution in [0, 0.1) is 12.3 Å². The van der Waals surface area contributed by atoms with Gasteiger partial charge in [-0.15, -0.1) is 0 Å². The van der Waals surface area contributed by atoms with Crippen molar-refractivity contribution in [3.05, 3.63) is 46.9 Å². The molecule has 0 saturated carbocycles. The van der Waals surface area contributed by atoms with Gasteiger partial charge >= 0.3 is 6.18 Å². The number of halogens is 3. The molecule has 1 amide bonds. The number of aromatic hydroxyl groups is 1. The number of benzene rings is 1. The van der Waals surface area contributed by atoms with Gasteiger partial charge in [0.05, 0.1) is 22.9 Å². The summed E-state index contributed by atoms with van der Waals surface area (Å²) in [6.45, 7) is 7.73. The lowest BCUT2D eigenvalue weighted by atomic mass is 9.85. The first-order chi connectivity index (χ1) is 17.7. The quantitative estimate of drug-likeness (QED) is 0.280. The highest BCUT2D eigenvalue weighted by molar-refractivity contribution is 6.00. The van der Waals surface area contributed by atoms with Gasteiger partial charge in [-0.05, 0) is 46.9 Å². The van der Waals surface area contributed by atoms with Crippen LogP contribution in [0.3, 0.4) is 0 Å². The SMILES string of the molecule is Cc1ccc([C@H](Nc2nc3nonc3nc2Nc2ccc(C(F)(F)F)c(C(=O)N(C)C)c2O)C(C)(C)C)o1. The van der Waals surface area contributed by atoms with Crippen molar-refractivity contribution in [3.63, 3.8) is 0 Å². The van der Waals surface area contributed by atoms with Crippen LogP contribution in [0.4, 0.5) is 30.5 Å². The predicted molar refractivity (Wildman–Crippen MR) is 131 cm³/mol. The average molecular weight is 534 g/mol. The number of hydrogen-bond acceptors (Lipinski definition) is 10. The molecule has 3 aromatic heterocycles. The third-order valence-corrected chi connectivity index (χ3v) is 5.66. The van der Waals surface area contributed by atoms with Gasteiger partial charge < -0.3 is 25.1 Å². The number of carbonyl (C=O) groups is 1. The first-order valence-electron chi connectivity index (χ1n) is 11.4. The highest BCUT2D eigenvalue weighted by Gasteiger charge is 2.38. The topological polar surface area (TPSA) is 142 Å². The summed E-state index contributed by atoms with van der Waals surface area (Å²) in [5, 5.41) is 24.3. The van der Waals surface area contributed by atoms with Gasteiger partial charge in [0.25, 0.3) is 5.91 Å². The standard InChI is InChI=1S/C24H26F3N7O4/c1-11-7-10-14(37-11)17(23(2,3)4)29-19-18(30-20-21(31-19)33-38-32-20)28-13-9-8-12(24(25,26)27)15(16(13)35)22(36)34(5)6/h7-10,17,35H,1-6H3,(H,28,30,32)(H,29,31,33)/t17-/m0/s1. The van der Waals surface area contributed by atoms with Crippen molar-refractivity contribution in [3.8, 4) is 5.75 Å². The molecule has 3 N–H and O–H groups in total. The number of rotatable bonds is 6. The van der Waals surface area contributed by atoms with Gasteiger partial charge in [-0.2, -0.15) is 13.2 Å². The zero-order valence-electron chi connectivity index (χ0n) is 21.4. The van der Waals surface area contributed by atoms with E-state index in [0.717, 1.165) is 11.0 Å². The van der Waals surface area contributed by atoms with E-state index in [2.05, 4.69) is 30.9 Å². The van der Waals surface area contributed by atoms with Crippen molar-refractivity contribution in [2.75, 3.05) is 24.7 Å². The van der Waals surface area contributed by atoms with Crippen LogP contribution >= 0.6 is 0 Å². The second kappa shape index (κ2) is 9.50. The number of furan rings is 1. The lowest BCUT2D eigenvalue weighted by Crippen LogP contribution is -2.26. The van der Waals surface area contributed by atoms with Crippen LogP contribution in [0.2, 0.25) is 0 Å². The van der Waals surface area contributed by atoms with Crippen LogP contribution in [0.1, 0.15) is 54.3 Å². The molecule has 0 fully saturated rings. The average Bonchev–Trinajstić information content (AvgIpc) is 3.44. The normalized spacial score (nSPS) is 13.0. The Morgan fingerprint density at radius 3 is 2.18 bits per heavy atom. The Labute approximate surface area is 215 Å². The first-order valence-corrected chi connectivity index (χ1v) is 11.4. The van der Waals surface area contributed by atoms with Crippen LogP contribution in [0.15, 0.2) is 33.3 Å². The minimum absolute atomic E-state index is 0.00944. The monoisotopic (exact) mass is 533 g/mol. The second-order valence-corrected chi connectivity index (χ2v) is 9.93. The van der Waals surface area contributed by atoms with Gasteiger partial charge in [-0.3, -0.25) is 4.79 Å². The molecule has 0 radical (unpaired) electrons. The van der Waals surface area contributed by atoms with E-state index in [1.807, 2.05) is 39.8 Å². The number of alkyl halides is 3. The van der Waals surface area contributed by atoms with Crippen molar-refractivity contribution < 1.29 is 32.1 Å². The molecular weight excluding hydrogens is 507 g/mol. The van der Waals surface area contributed by atoms with Crippen molar-refractivity contribution in [2.45, 2.75) is 39.9 Å². The molecule has 4 aromatic rings. The summed E-state index contributed by atoms with van der Waals surface area (Å²) in [4.78, 5) is 22.3. The molecule has 202 valence electrons. The lowest BCUT2D eigenvalue weighted by molar-refractivity contribution is -0.138. The molecule has 1 aromatic carbocycles. The summed E-state index contributed by atoms with van der Waals surface area (Å²) in [6, 6.07) is 4.90. The number of nitrogens with zero attached hydrogens (tertiary/aromatic N) is 5. The van der Waals surface area contributed by atoms with Gasteiger partial charge in [0.1, 0.15) is 11.5 Å². The Kier molecular flexibility index (Phi) is 6.68. The molecule has 4 rings (SSSR count). The van der Waals surface area contributed by atoms with Gasteiger partial charge in [0, 0.05) is 14.1 Å². The Morgan fingerprint density at radius 2 is 1.66 bits per heavy atom. The Morgan fingerprint density at radius 1 is 1.03 bits per heavy atom. The van der Waals surface area contributed by atoms with Crippen molar-refractivity contribution in [1.82, 2.24) is 25.2 Å². The molecule has 3 heterocycles. The minimum Gasteiger partial charge on any atom is -0.505 e. The minimum atomic E-state index is -4.88. The number of phenols is 1. The smallest absolute Gasteiger partial charge is 0.417 e. The van der Waals surface area contributed by atoms with Crippen LogP contribution in [-0.4, -0.2) is 50.3 Å². The van der Waals surface area contributed by atoms with E-state index in [1.165, 1.54) is 14.1 Å². The fourth-order valence-electron chi connectivity index (χ4n) is 3.78. The molecule has 1 atom stereocenters. The molecule has 0 unspecified atom stereocenters. The Hall–Kier alpha value is -4.36. The predicted octanol–water partition coefficient (Wildman–Crippen LogP) is 5.28. The van der Waals surface area contributed by atoms with E-state index < -0.39 is 40.4 Å². The number of carbonyl (C=O) groups excluding carboxylic acids is 1. The molecule has 0 bridgehead atoms. The molecule has 11 nitrogen and oxygen atoms in total. The zero-order valence-corrected chi connectivity index (χ0v) is 21.4. The van der Waals surface area contributed by atoms with Crippen LogP contribution < -0.4 is 10.6 Å². The molecule has 38 heavy (non-hydrogen) atoms. The van der Waals surface area contributed by atoms with E-state index >= 15 is 0 Å². The summed E-state index contributed by atoms with van der Waals surface area (Å²) in [5.41, 5.74) is -2.71. The number of amides is 1. The highest BCUT2D eigenvalue weighted by atomic mass is 19.4. The second-order valence-electron chi connectivity index (χ2n) is 9.93. The number of fused-ring (bicyclic) bond motifs is 1. The fraction of sp³-hybridized carbons (Fsp3) is 0.375. The maximum Gasteiger partial charge on any atom is 0.417 e. The van der Waals surface area contributed by atoms with Crippen LogP contribution in [-0.2, 0) is 6.18 Å². The molecule has 0 aliphatic carbocycles. The molecule has 0 spiro atoms. The summed E-state index contributed by atoms with van der Waals surface area (Å²) in [7, 11) is 2.56. The highest BCUT2D eigenvalue weighted by Crippen LogP contribution is 2.42. The van der Waals surface area contributed by atoms with Gasteiger partial charge in [0.15, 0.2) is 17.4 Å². The summed E-state index contributed by atoms with van der Waals surface area (Å²) >= 11 is 0. The molecule has 0 aliphatic heterocycles. The number of anilines is 3. The van der Waals surface area contributed by atoms with E-state index in [9.17, 15) is 23.1 Å². The Bertz CT molecular complexity index is 1490. The van der Waals surface area contributed by atoms with E-state index in [-0.39, 0.29) is 28.6 Å². The zero-order chi connectivity index (χ0) is 28.0. The number of nitrogens with one attached hydrogen (secondary N) is 2. The van der Waals surface area contributed by atoms with Gasteiger partial charge in [-0.1, -0.05) is 20.8 Å². The molecular formula is C24H26F3N7O4. The Balaban J connectivity index is 1.83. The van der Waals surface area contributed by atoms with Crippen LogP contribution in [0.25, 0.3) is 11.3 Å². The number of phenolic OH excluding ortho intramolecular Hbond substituents is 1. The largest absolute Gasteiger partial charge is 0.505 e. The summed E-state index contributed by atoms with van der Waals surface area (Å²) in [5.74, 6) is -0.508. The third kappa shape index (κ3) is 5.19.